The van der Waals surface area contributed by atoms with Crippen LogP contribution in [0.15, 0.2) is 30.9 Å². The van der Waals surface area contributed by atoms with Crippen molar-refractivity contribution < 1.29 is 18.9 Å². The third-order valence-corrected chi connectivity index (χ3v) is 9.53. The summed E-state index contributed by atoms with van der Waals surface area (Å²) in [5.74, 6) is -0.408. The van der Waals surface area contributed by atoms with E-state index in [4.69, 9.17) is 42.1 Å². The molecule has 1 saturated carbocycles. The minimum Gasteiger partial charge on any atom is -0.347 e. The quantitative estimate of drug-likeness (QED) is 0.264. The summed E-state index contributed by atoms with van der Waals surface area (Å²) in [6.07, 6.45) is 11.2. The highest BCUT2D eigenvalue weighted by Gasteiger charge is 2.46. The van der Waals surface area contributed by atoms with E-state index in [0.29, 0.717) is 28.6 Å². The van der Waals surface area contributed by atoms with Gasteiger partial charge in [0.15, 0.2) is 5.79 Å². The van der Waals surface area contributed by atoms with Crippen LogP contribution in [-0.2, 0) is 31.3 Å². The van der Waals surface area contributed by atoms with Gasteiger partial charge in [-0.1, -0.05) is 77.2 Å². The molecular weight excluding hydrogens is 587 g/mol. The maximum Gasteiger partial charge on any atom is 0.217 e. The Morgan fingerprint density at radius 3 is 2.35 bits per heavy atom. The third kappa shape index (κ3) is 9.15. The van der Waals surface area contributed by atoms with Gasteiger partial charge in [0.25, 0.3) is 0 Å². The Balaban J connectivity index is 0.000000197. The molecule has 5 rings (SSSR count). The second-order valence-corrected chi connectivity index (χ2v) is 14.1. The van der Waals surface area contributed by atoms with Gasteiger partial charge in [-0.2, -0.15) is 5.10 Å². The van der Waals surface area contributed by atoms with Gasteiger partial charge in [0.05, 0.1) is 30.4 Å². The van der Waals surface area contributed by atoms with E-state index in [0.717, 1.165) is 63.4 Å². The van der Waals surface area contributed by atoms with Gasteiger partial charge in [0, 0.05) is 30.0 Å². The molecule has 1 aliphatic carbocycles. The lowest BCUT2D eigenvalue weighted by atomic mass is 9.71. The largest absolute Gasteiger partial charge is 0.347 e. The number of halogens is 2. The van der Waals surface area contributed by atoms with Crippen LogP contribution < -0.4 is 0 Å². The van der Waals surface area contributed by atoms with Crippen molar-refractivity contribution in [2.45, 2.75) is 117 Å². The van der Waals surface area contributed by atoms with Crippen LogP contribution in [0.5, 0.6) is 0 Å². The molecule has 2 saturated heterocycles. The molecule has 0 bridgehead atoms. The molecule has 3 heterocycles. The van der Waals surface area contributed by atoms with Crippen LogP contribution in [0.25, 0.3) is 0 Å². The van der Waals surface area contributed by atoms with E-state index < -0.39 is 5.79 Å². The molecule has 1 aromatic heterocycles. The number of ether oxygens (including phenoxy) is 4. The van der Waals surface area contributed by atoms with Crippen molar-refractivity contribution in [3.63, 3.8) is 0 Å². The molecule has 2 aromatic rings. The standard InChI is InChI=1S/C18H35NO2.C15H17Cl2N3O2/c1-6-12-19(7-2)13-16-14-20-18(21-16)10-8-15(9-11-18)17(3,4)5;1-2-3-12-7-21-15(22-12,8-20-10-18-9-19-20)13-5-4-11(16)6-14(13)17/h15-16H,6-14H2,1-5H3;4-6,9-10,12H,2-3,7-8H2,1H3. The van der Waals surface area contributed by atoms with Gasteiger partial charge in [-0.25, -0.2) is 9.67 Å². The number of hydrogen-bond donors (Lipinski definition) is 0. The van der Waals surface area contributed by atoms with Crippen molar-refractivity contribution in [1.82, 2.24) is 19.7 Å². The Kier molecular flexibility index (Phi) is 12.4. The Morgan fingerprint density at radius 2 is 1.74 bits per heavy atom. The van der Waals surface area contributed by atoms with E-state index in [1.165, 1.54) is 25.6 Å². The number of benzene rings is 1. The normalized spacial score (nSPS) is 29.3. The highest BCUT2D eigenvalue weighted by atomic mass is 35.5. The van der Waals surface area contributed by atoms with Crippen LogP contribution in [0.2, 0.25) is 10.0 Å². The summed E-state index contributed by atoms with van der Waals surface area (Å²) in [6, 6.07) is 5.32. The fourth-order valence-electron chi connectivity index (χ4n) is 6.54. The molecule has 3 fully saturated rings. The van der Waals surface area contributed by atoms with Crippen molar-refractivity contribution in [1.29, 1.82) is 0 Å². The summed E-state index contributed by atoms with van der Waals surface area (Å²) in [7, 11) is 0. The minimum absolute atomic E-state index is 0.0419. The smallest absolute Gasteiger partial charge is 0.217 e. The molecule has 8 nitrogen and oxygen atoms in total. The first-order valence-corrected chi connectivity index (χ1v) is 16.9. The summed E-state index contributed by atoms with van der Waals surface area (Å²) in [5, 5.41) is 5.24. The highest BCUT2D eigenvalue weighted by molar-refractivity contribution is 6.35. The van der Waals surface area contributed by atoms with E-state index >= 15 is 0 Å². The summed E-state index contributed by atoms with van der Waals surface area (Å²) >= 11 is 12.4. The van der Waals surface area contributed by atoms with Crippen LogP contribution >= 0.6 is 23.2 Å². The first-order chi connectivity index (χ1) is 20.5. The van der Waals surface area contributed by atoms with E-state index in [1.807, 2.05) is 6.07 Å². The molecule has 3 unspecified atom stereocenters. The summed E-state index contributed by atoms with van der Waals surface area (Å²) in [6.45, 7) is 18.7. The Hall–Kier alpha value is -1.26. The van der Waals surface area contributed by atoms with E-state index in [9.17, 15) is 0 Å². The predicted octanol–water partition coefficient (Wildman–Crippen LogP) is 7.72. The number of aromatic nitrogens is 3. The second kappa shape index (κ2) is 15.4. The molecule has 0 radical (unpaired) electrons. The van der Waals surface area contributed by atoms with Crippen molar-refractivity contribution in [3.05, 3.63) is 46.5 Å². The Morgan fingerprint density at radius 1 is 1.00 bits per heavy atom. The lowest BCUT2D eigenvalue weighted by Crippen LogP contribution is -2.40. The van der Waals surface area contributed by atoms with Gasteiger partial charge in [-0.3, -0.25) is 0 Å². The van der Waals surface area contributed by atoms with Gasteiger partial charge in [-0.15, -0.1) is 0 Å². The lowest BCUT2D eigenvalue weighted by Gasteiger charge is -2.41. The van der Waals surface area contributed by atoms with Crippen LogP contribution in [0.4, 0.5) is 0 Å². The molecule has 3 aliphatic rings. The van der Waals surface area contributed by atoms with Crippen molar-refractivity contribution in [3.8, 4) is 0 Å². The van der Waals surface area contributed by atoms with E-state index in [-0.39, 0.29) is 18.0 Å². The molecule has 242 valence electrons. The average molecular weight is 640 g/mol. The molecular formula is C33H52Cl2N4O4. The third-order valence-electron chi connectivity index (χ3n) is 8.98. The zero-order valence-electron chi connectivity index (χ0n) is 27.0. The van der Waals surface area contributed by atoms with Crippen LogP contribution in [0.1, 0.15) is 92.1 Å². The van der Waals surface area contributed by atoms with E-state index in [2.05, 4.69) is 56.5 Å². The fourth-order valence-corrected chi connectivity index (χ4v) is 7.09. The van der Waals surface area contributed by atoms with Gasteiger partial charge in [0.1, 0.15) is 19.2 Å². The summed E-state index contributed by atoms with van der Waals surface area (Å²) in [4.78, 5) is 6.45. The minimum atomic E-state index is -0.963. The van der Waals surface area contributed by atoms with Gasteiger partial charge >= 0.3 is 0 Å². The second-order valence-electron chi connectivity index (χ2n) is 13.3. The molecule has 3 atom stereocenters. The molecule has 43 heavy (non-hydrogen) atoms. The van der Waals surface area contributed by atoms with Crippen molar-refractivity contribution >= 4 is 23.2 Å². The number of hydrogen-bond acceptors (Lipinski definition) is 7. The topological polar surface area (TPSA) is 70.9 Å². The molecule has 1 aromatic carbocycles. The fraction of sp³-hybridized carbons (Fsp3) is 0.758. The van der Waals surface area contributed by atoms with Gasteiger partial charge in [0.2, 0.25) is 5.79 Å². The Bertz CT molecular complexity index is 1120. The molecule has 2 aliphatic heterocycles. The Labute approximate surface area is 268 Å². The molecule has 0 N–H and O–H groups in total. The van der Waals surface area contributed by atoms with E-state index in [1.54, 1.807) is 23.1 Å². The van der Waals surface area contributed by atoms with Crippen LogP contribution in [0, 0.1) is 11.3 Å². The lowest BCUT2D eigenvalue weighted by molar-refractivity contribution is -0.197. The number of likely N-dealkylation sites (N-methyl/N-ethyl adjacent to an activating group) is 1. The van der Waals surface area contributed by atoms with Crippen molar-refractivity contribution in [2.24, 2.45) is 11.3 Å². The first-order valence-electron chi connectivity index (χ1n) is 16.1. The van der Waals surface area contributed by atoms with Crippen LogP contribution in [-0.4, -0.2) is 70.5 Å². The average Bonchev–Trinajstić information content (AvgIpc) is 3.71. The predicted molar refractivity (Wildman–Crippen MR) is 171 cm³/mol. The zero-order chi connectivity index (χ0) is 31.1. The van der Waals surface area contributed by atoms with Gasteiger partial charge < -0.3 is 23.8 Å². The van der Waals surface area contributed by atoms with Crippen molar-refractivity contribution in [2.75, 3.05) is 32.8 Å². The number of rotatable bonds is 10. The maximum absolute atomic E-state index is 6.37. The monoisotopic (exact) mass is 638 g/mol. The summed E-state index contributed by atoms with van der Waals surface area (Å²) < 4.78 is 26.5. The van der Waals surface area contributed by atoms with Gasteiger partial charge in [-0.05, 0) is 62.2 Å². The summed E-state index contributed by atoms with van der Waals surface area (Å²) in [5.41, 5.74) is 1.17. The number of nitrogens with zero attached hydrogens (tertiary/aromatic N) is 4. The SMILES string of the molecule is CCCC1COC(Cn2cncn2)(c2ccc(Cl)cc2Cl)O1.CCCN(CC)CC1COC2(CCC(C(C)(C)C)CC2)O1. The molecule has 0 amide bonds. The zero-order valence-corrected chi connectivity index (χ0v) is 28.5. The maximum atomic E-state index is 6.37. The first kappa shape index (κ1) is 34.6. The highest BCUT2D eigenvalue weighted by Crippen LogP contribution is 2.46. The molecule has 1 spiro atoms. The molecule has 10 heteroatoms. The van der Waals surface area contributed by atoms with Crippen LogP contribution in [0.3, 0.4) is 0 Å².